The number of piperazine rings is 1. The summed E-state index contributed by atoms with van der Waals surface area (Å²) in [4.78, 5) is 67.4. The van der Waals surface area contributed by atoms with Gasteiger partial charge < -0.3 is 53.7 Å². The number of carbonyl (C=O) groups excluding carboxylic acids is 4. The number of esters is 1. The molecule has 1 unspecified atom stereocenters. The van der Waals surface area contributed by atoms with Gasteiger partial charge in [0, 0.05) is 84.3 Å². The molecule has 3 N–H and O–H groups in total. The Balaban J connectivity index is 0.000000353. The summed E-state index contributed by atoms with van der Waals surface area (Å²) in [6.45, 7) is 16.4. The first-order chi connectivity index (χ1) is 36.8. The number of methoxy groups -OCH3 is 3. The molecule has 2 aromatic rings. The van der Waals surface area contributed by atoms with E-state index in [1.165, 1.54) is 41.6 Å². The zero-order valence-corrected chi connectivity index (χ0v) is 47.2. The highest BCUT2D eigenvalue weighted by atomic mass is 16.7. The molecule has 6 aliphatic rings. The van der Waals surface area contributed by atoms with Crippen LogP contribution in [-0.2, 0) is 49.3 Å². The number of pyridine rings is 1. The number of aliphatic hydroxyl groups excluding tert-OH is 2. The zero-order valence-electron chi connectivity index (χ0n) is 47.2. The van der Waals surface area contributed by atoms with Crippen LogP contribution in [0.1, 0.15) is 128 Å². The number of amides is 1. The maximum atomic E-state index is 14.3. The van der Waals surface area contributed by atoms with Gasteiger partial charge in [0.05, 0.1) is 36.6 Å². The lowest BCUT2D eigenvalue weighted by Crippen LogP contribution is -2.64. The molecule has 0 radical (unpaired) electrons. The van der Waals surface area contributed by atoms with Crippen molar-refractivity contribution in [3.63, 3.8) is 0 Å². The second kappa shape index (κ2) is 27.0. The van der Waals surface area contributed by atoms with Crippen LogP contribution in [0.4, 0.5) is 5.82 Å². The molecule has 4 fully saturated rings. The van der Waals surface area contributed by atoms with E-state index >= 15 is 0 Å². The number of carbonyl (C=O) groups is 4. The van der Waals surface area contributed by atoms with Crippen LogP contribution in [0.5, 0.6) is 0 Å². The third-order valence-corrected chi connectivity index (χ3v) is 17.4. The zero-order chi connectivity index (χ0) is 55.7. The molecule has 3 saturated heterocycles. The number of ether oxygens (including phenoxy) is 5. The first kappa shape index (κ1) is 60.0. The number of piperidine rings is 1. The number of nitrogens with zero attached hydrogens (tertiary/aromatic N) is 4. The number of hydrogen-bond acceptors (Lipinski definition) is 15. The van der Waals surface area contributed by atoms with Crippen LogP contribution in [-0.4, -0.2) is 163 Å². The highest BCUT2D eigenvalue weighted by Gasteiger charge is 2.57. The lowest BCUT2D eigenvalue weighted by molar-refractivity contribution is -0.302. The average Bonchev–Trinajstić information content (AvgIpc) is 3.58. The molecule has 16 nitrogen and oxygen atoms in total. The molecule has 1 aromatic heterocycles. The first-order valence-corrected chi connectivity index (χ1v) is 28.2. The fraction of sp³-hybridized carbons (Fsp3) is 0.656. The van der Waals surface area contributed by atoms with E-state index < -0.39 is 83.9 Å². The Kier molecular flexibility index (Phi) is 21.0. The van der Waals surface area contributed by atoms with Crippen molar-refractivity contribution in [1.29, 1.82) is 0 Å². The molecule has 77 heavy (non-hydrogen) atoms. The van der Waals surface area contributed by atoms with Gasteiger partial charge in [-0.3, -0.25) is 14.4 Å². The molecule has 1 amide bonds. The highest BCUT2D eigenvalue weighted by molar-refractivity contribution is 6.39. The molecule has 15 atom stereocenters. The molecule has 5 aliphatic heterocycles. The van der Waals surface area contributed by atoms with Gasteiger partial charge in [-0.25, -0.2) is 9.78 Å². The van der Waals surface area contributed by atoms with Crippen LogP contribution >= 0.6 is 0 Å². The quantitative estimate of drug-likeness (QED) is 0.144. The number of hydrogen-bond donors (Lipinski definition) is 3. The minimum atomic E-state index is -2.51. The predicted molar refractivity (Wildman–Crippen MR) is 294 cm³/mol. The molecule has 0 spiro atoms. The number of rotatable bonds is 7. The fourth-order valence-electron chi connectivity index (χ4n) is 12.9. The molecule has 1 saturated carbocycles. The average molecular weight is 1070 g/mol. The number of aliphatic hydroxyl groups is 3. The molecule has 2 bridgehead atoms. The Morgan fingerprint density at radius 3 is 2.29 bits per heavy atom. The van der Waals surface area contributed by atoms with Crippen molar-refractivity contribution < 1.29 is 58.2 Å². The predicted octanol–water partition coefficient (Wildman–Crippen LogP) is 7.12. The molecule has 1 aromatic carbocycles. The topological polar surface area (TPSA) is 198 Å². The summed E-state index contributed by atoms with van der Waals surface area (Å²) >= 11 is 0. The summed E-state index contributed by atoms with van der Waals surface area (Å²) in [5, 5.41) is 34.1. The number of fused-ring (bicyclic) bond motifs is 8. The van der Waals surface area contributed by atoms with Crippen LogP contribution in [0.25, 0.3) is 0 Å². The number of ketones is 2. The highest BCUT2D eigenvalue weighted by Crippen LogP contribution is 2.41. The Bertz CT molecular complexity index is 2430. The number of Topliss-reactive ketones (excluding diaryl/α,β-unsaturated/α-hetero) is 2. The van der Waals surface area contributed by atoms with Crippen LogP contribution < -0.4 is 4.90 Å². The van der Waals surface area contributed by atoms with Gasteiger partial charge >= 0.3 is 5.97 Å². The van der Waals surface area contributed by atoms with Gasteiger partial charge in [-0.05, 0) is 125 Å². The van der Waals surface area contributed by atoms with Crippen molar-refractivity contribution in [2.45, 2.75) is 172 Å². The van der Waals surface area contributed by atoms with Crippen molar-refractivity contribution in [3.05, 3.63) is 95.2 Å². The lowest BCUT2D eigenvalue weighted by Gasteiger charge is -2.47. The molecule has 1 aliphatic carbocycles. The Labute approximate surface area is 457 Å². The normalized spacial score (nSPS) is 35.9. The van der Waals surface area contributed by atoms with Gasteiger partial charge in [0.2, 0.25) is 5.79 Å². The van der Waals surface area contributed by atoms with Crippen molar-refractivity contribution in [2.75, 3.05) is 59.5 Å². The number of anilines is 1. The van der Waals surface area contributed by atoms with Gasteiger partial charge in [-0.2, -0.15) is 0 Å². The standard InChI is InChI=1S/C44H69NO12.C17H19N3/c1-10-13-31-19-25(2)18-26(3)20-37(54-8)40-38(55-9)22-28(5)44(52,57-40)41(49)42(50)45-17-12-11-14-32(45)43(51)56-39(29(6)34(47)24-35(31)48)27(4)21-30-15-16-33(46)36(23-30)53-7;1-19-9-10-20-16(12-19)15-7-3-2-5-13(15)11-14-6-4-8-18-17(14)20/h10,19,21,26,28-34,36-40,46-47,52H,1,11-18,20,22-24H2,2-9H3;2-8,16H,9-12H2,1H3/b25-19+,27-21+;/t26-,28+,29+,30-,31+,32-,33+,34-,36+,37-,38-,39+,40+,44+;/m0./s1. The summed E-state index contributed by atoms with van der Waals surface area (Å²) in [7, 11) is 6.82. The lowest BCUT2D eigenvalue weighted by atomic mass is 9.81. The third-order valence-electron chi connectivity index (χ3n) is 17.4. The maximum absolute atomic E-state index is 14.3. The van der Waals surface area contributed by atoms with E-state index in [1.807, 2.05) is 39.1 Å². The van der Waals surface area contributed by atoms with E-state index in [-0.39, 0.29) is 49.5 Å². The van der Waals surface area contributed by atoms with Crippen molar-refractivity contribution >= 4 is 29.3 Å². The minimum absolute atomic E-state index is 0.00988. The number of aromatic nitrogens is 1. The SMILES string of the molecule is C=CC[C@@H]1/C=C(\C)C[C@H](C)C[C@H](OC)[C@H]2O[C@@](O)(C(=O)C(=O)N3CCCC[C@H]3C(=O)O[C@H](/C(C)=C/[C@@H]3CC[C@@H](O)[C@H](OC)C3)[C@H](C)[C@@H](O)CC1=O)[C@H](C)C[C@@H]2OC.CN1CCN2c3ncccc3Cc3ccccc3C2C1. The largest absolute Gasteiger partial charge is 0.456 e. The number of likely N-dealkylation sites (N-methyl/N-ethyl adjacent to an activating group) is 1. The van der Waals surface area contributed by atoms with Crippen LogP contribution in [0, 0.1) is 29.6 Å². The smallest absolute Gasteiger partial charge is 0.329 e. The van der Waals surface area contributed by atoms with E-state index in [4.69, 9.17) is 23.7 Å². The van der Waals surface area contributed by atoms with E-state index in [1.54, 1.807) is 27.0 Å². The van der Waals surface area contributed by atoms with Crippen molar-refractivity contribution in [1.82, 2.24) is 14.8 Å². The van der Waals surface area contributed by atoms with E-state index in [9.17, 15) is 34.5 Å². The van der Waals surface area contributed by atoms with Gasteiger partial charge in [-0.15, -0.1) is 6.58 Å². The molecular weight excluding hydrogens is 981 g/mol. The molecule has 8 rings (SSSR count). The van der Waals surface area contributed by atoms with E-state index in [2.05, 4.69) is 64.8 Å². The van der Waals surface area contributed by atoms with Crippen molar-refractivity contribution in [3.8, 4) is 0 Å². The number of allylic oxidation sites excluding steroid dienone is 4. The third kappa shape index (κ3) is 14.0. The Morgan fingerprint density at radius 2 is 1.56 bits per heavy atom. The van der Waals surface area contributed by atoms with Crippen molar-refractivity contribution in [2.24, 2.45) is 29.6 Å². The first-order valence-electron chi connectivity index (χ1n) is 28.2. The molecule has 6 heterocycles. The Morgan fingerprint density at radius 1 is 0.844 bits per heavy atom. The second-order valence-corrected chi connectivity index (χ2v) is 23.1. The summed E-state index contributed by atoms with van der Waals surface area (Å²) in [5.41, 5.74) is 5.88. The second-order valence-electron chi connectivity index (χ2n) is 23.1. The van der Waals surface area contributed by atoms with Gasteiger partial charge in [0.1, 0.15) is 29.9 Å². The summed E-state index contributed by atoms with van der Waals surface area (Å²) < 4.78 is 29.7. The van der Waals surface area contributed by atoms with E-state index in [0.717, 1.165) is 31.6 Å². The monoisotopic (exact) mass is 1070 g/mol. The summed E-state index contributed by atoms with van der Waals surface area (Å²) in [6.07, 6.45) is 7.85. The van der Waals surface area contributed by atoms with Crippen LogP contribution in [0.2, 0.25) is 0 Å². The Hall–Kier alpha value is -4.65. The van der Waals surface area contributed by atoms with Gasteiger partial charge in [0.15, 0.2) is 0 Å². The fourth-order valence-corrected chi connectivity index (χ4v) is 12.9. The van der Waals surface area contributed by atoms with Gasteiger partial charge in [0.25, 0.3) is 11.7 Å². The van der Waals surface area contributed by atoms with E-state index in [0.29, 0.717) is 63.0 Å². The minimum Gasteiger partial charge on any atom is -0.456 e. The van der Waals surface area contributed by atoms with Crippen LogP contribution in [0.3, 0.4) is 0 Å². The molecule has 16 heteroatoms. The summed E-state index contributed by atoms with van der Waals surface area (Å²) in [6, 6.07) is 12.4. The molecular formula is C61H88N4O12. The van der Waals surface area contributed by atoms with Crippen LogP contribution in [0.15, 0.2) is 78.5 Å². The molecule has 424 valence electrons. The summed E-state index contributed by atoms with van der Waals surface area (Å²) in [5.74, 6) is -6.58. The maximum Gasteiger partial charge on any atom is 0.329 e. The number of benzene rings is 1. The van der Waals surface area contributed by atoms with Gasteiger partial charge in [-0.1, -0.05) is 74.9 Å². The number of cyclic esters (lactones) is 1.